The first kappa shape index (κ1) is 18.5. The lowest BCUT2D eigenvalue weighted by atomic mass is 10.1. The van der Waals surface area contributed by atoms with Crippen molar-refractivity contribution in [1.29, 1.82) is 0 Å². The van der Waals surface area contributed by atoms with Gasteiger partial charge in [-0.25, -0.2) is 14.1 Å². The van der Waals surface area contributed by atoms with Crippen LogP contribution in [0, 0.1) is 12.7 Å². The Kier molecular flexibility index (Phi) is 5.08. The van der Waals surface area contributed by atoms with Gasteiger partial charge in [0.25, 0.3) is 5.91 Å². The number of aromatic nitrogens is 5. The summed E-state index contributed by atoms with van der Waals surface area (Å²) in [5.74, 6) is 0.131. The summed E-state index contributed by atoms with van der Waals surface area (Å²) in [6, 6.07) is 5.18. The van der Waals surface area contributed by atoms with Gasteiger partial charge in [-0.3, -0.25) is 4.79 Å². The average molecular weight is 385 g/mol. The average Bonchev–Trinajstić information content (AvgIpc) is 3.24. The van der Waals surface area contributed by atoms with Gasteiger partial charge in [-0.2, -0.15) is 0 Å². The molecule has 3 aromatic rings. The standard InChI is InChI=1S/C19H24FN7O/c1-12-17(24-25-27(12)13-6-9-21-10-7-13)19(28)22-11-8-16-23-18-14(20)4-3-5-15(18)26(16)2/h3-5,13,21H,6-11H2,1-2H3,(H,22,28). The Morgan fingerprint density at radius 1 is 1.36 bits per heavy atom. The summed E-state index contributed by atoms with van der Waals surface area (Å²) in [5.41, 5.74) is 2.23. The third-order valence-electron chi connectivity index (χ3n) is 5.39. The molecule has 1 aromatic carbocycles. The molecule has 1 amide bonds. The molecule has 0 unspecified atom stereocenters. The number of rotatable bonds is 5. The van der Waals surface area contributed by atoms with Crippen molar-refractivity contribution in [2.24, 2.45) is 7.05 Å². The largest absolute Gasteiger partial charge is 0.350 e. The highest BCUT2D eigenvalue weighted by molar-refractivity contribution is 5.93. The van der Waals surface area contributed by atoms with Crippen molar-refractivity contribution in [2.45, 2.75) is 32.2 Å². The molecule has 28 heavy (non-hydrogen) atoms. The maximum atomic E-state index is 13.9. The van der Waals surface area contributed by atoms with Crippen LogP contribution >= 0.6 is 0 Å². The van der Waals surface area contributed by atoms with Crippen LogP contribution in [0.2, 0.25) is 0 Å². The maximum absolute atomic E-state index is 13.9. The second-order valence-electron chi connectivity index (χ2n) is 7.15. The zero-order valence-electron chi connectivity index (χ0n) is 16.1. The van der Waals surface area contributed by atoms with Crippen LogP contribution in [0.1, 0.15) is 40.9 Å². The first-order valence-electron chi connectivity index (χ1n) is 9.56. The Hall–Kier alpha value is -2.81. The predicted octanol–water partition coefficient (Wildman–Crippen LogP) is 1.51. The highest BCUT2D eigenvalue weighted by atomic mass is 19.1. The van der Waals surface area contributed by atoms with Crippen LogP contribution < -0.4 is 10.6 Å². The van der Waals surface area contributed by atoms with E-state index >= 15 is 0 Å². The van der Waals surface area contributed by atoms with Gasteiger partial charge in [-0.15, -0.1) is 5.10 Å². The summed E-state index contributed by atoms with van der Waals surface area (Å²) in [4.78, 5) is 16.9. The SMILES string of the molecule is Cc1c(C(=O)NCCc2nc3c(F)cccc3n2C)nnn1C1CCNCC1. The molecule has 3 heterocycles. The van der Waals surface area contributed by atoms with E-state index < -0.39 is 0 Å². The summed E-state index contributed by atoms with van der Waals surface area (Å²) in [7, 11) is 1.85. The molecule has 148 valence electrons. The molecule has 0 radical (unpaired) electrons. The van der Waals surface area contributed by atoms with Crippen LogP contribution in [0.4, 0.5) is 4.39 Å². The minimum atomic E-state index is -0.339. The van der Waals surface area contributed by atoms with Crippen molar-refractivity contribution in [3.05, 3.63) is 41.2 Å². The predicted molar refractivity (Wildman–Crippen MR) is 103 cm³/mol. The Bertz CT molecular complexity index is 1000. The van der Waals surface area contributed by atoms with Crippen molar-refractivity contribution < 1.29 is 9.18 Å². The number of hydrogen-bond donors (Lipinski definition) is 2. The number of aryl methyl sites for hydroxylation is 1. The molecule has 1 fully saturated rings. The van der Waals surface area contributed by atoms with Gasteiger partial charge in [0.15, 0.2) is 11.5 Å². The quantitative estimate of drug-likeness (QED) is 0.695. The lowest BCUT2D eigenvalue weighted by Gasteiger charge is -2.23. The van der Waals surface area contributed by atoms with Crippen molar-refractivity contribution in [2.75, 3.05) is 19.6 Å². The Morgan fingerprint density at radius 2 is 2.14 bits per heavy atom. The highest BCUT2D eigenvalue weighted by Crippen LogP contribution is 2.20. The van der Waals surface area contributed by atoms with Gasteiger partial charge in [-0.1, -0.05) is 11.3 Å². The highest BCUT2D eigenvalue weighted by Gasteiger charge is 2.22. The monoisotopic (exact) mass is 385 g/mol. The fraction of sp³-hybridized carbons (Fsp3) is 0.474. The molecule has 0 aliphatic carbocycles. The minimum Gasteiger partial charge on any atom is -0.350 e. The summed E-state index contributed by atoms with van der Waals surface area (Å²) in [6.45, 7) is 4.16. The van der Waals surface area contributed by atoms with E-state index in [0.29, 0.717) is 24.2 Å². The van der Waals surface area contributed by atoms with Gasteiger partial charge in [0.1, 0.15) is 11.3 Å². The number of halogens is 1. The first-order valence-corrected chi connectivity index (χ1v) is 9.56. The molecule has 9 heteroatoms. The smallest absolute Gasteiger partial charge is 0.273 e. The summed E-state index contributed by atoms with van der Waals surface area (Å²) < 4.78 is 17.6. The van der Waals surface area contributed by atoms with Crippen molar-refractivity contribution >= 4 is 16.9 Å². The number of para-hydroxylation sites is 1. The van der Waals surface area contributed by atoms with Crippen LogP contribution in [0.3, 0.4) is 0 Å². The zero-order valence-corrected chi connectivity index (χ0v) is 16.1. The van der Waals surface area contributed by atoms with E-state index in [4.69, 9.17) is 0 Å². The number of carbonyl (C=O) groups is 1. The third kappa shape index (κ3) is 3.37. The van der Waals surface area contributed by atoms with E-state index in [2.05, 4.69) is 25.9 Å². The topological polar surface area (TPSA) is 89.7 Å². The lowest BCUT2D eigenvalue weighted by molar-refractivity contribution is 0.0948. The molecule has 4 rings (SSSR count). The second kappa shape index (κ2) is 7.67. The lowest BCUT2D eigenvalue weighted by Crippen LogP contribution is -2.30. The molecule has 0 spiro atoms. The van der Waals surface area contributed by atoms with E-state index in [1.807, 2.05) is 29.3 Å². The Morgan fingerprint density at radius 3 is 2.89 bits per heavy atom. The molecular weight excluding hydrogens is 361 g/mol. The van der Waals surface area contributed by atoms with Gasteiger partial charge in [0.2, 0.25) is 0 Å². The van der Waals surface area contributed by atoms with Gasteiger partial charge in [-0.05, 0) is 45.0 Å². The maximum Gasteiger partial charge on any atom is 0.273 e. The number of nitrogens with one attached hydrogen (secondary N) is 2. The number of amides is 1. The molecule has 2 aromatic heterocycles. The van der Waals surface area contributed by atoms with Crippen LogP contribution in [-0.4, -0.2) is 50.1 Å². The number of imidazole rings is 1. The number of carbonyl (C=O) groups excluding carboxylic acids is 1. The van der Waals surface area contributed by atoms with E-state index in [0.717, 1.165) is 43.0 Å². The van der Waals surface area contributed by atoms with Gasteiger partial charge in [0.05, 0.1) is 17.3 Å². The molecule has 1 aliphatic heterocycles. The number of nitrogens with zero attached hydrogens (tertiary/aromatic N) is 5. The van der Waals surface area contributed by atoms with Gasteiger partial charge < -0.3 is 15.2 Å². The van der Waals surface area contributed by atoms with Crippen molar-refractivity contribution in [3.8, 4) is 0 Å². The molecule has 0 bridgehead atoms. The molecular formula is C19H24FN7O. The Labute approximate surface area is 162 Å². The van der Waals surface area contributed by atoms with Crippen molar-refractivity contribution in [3.63, 3.8) is 0 Å². The molecule has 8 nitrogen and oxygen atoms in total. The number of fused-ring (bicyclic) bond motifs is 1. The molecule has 0 atom stereocenters. The third-order valence-corrected chi connectivity index (χ3v) is 5.39. The van der Waals surface area contributed by atoms with Crippen LogP contribution in [0.5, 0.6) is 0 Å². The molecule has 1 saturated heterocycles. The number of benzene rings is 1. The molecule has 0 saturated carbocycles. The minimum absolute atomic E-state index is 0.248. The van der Waals surface area contributed by atoms with Crippen LogP contribution in [0.25, 0.3) is 11.0 Å². The van der Waals surface area contributed by atoms with E-state index in [-0.39, 0.29) is 17.8 Å². The normalized spacial score (nSPS) is 15.2. The fourth-order valence-corrected chi connectivity index (χ4v) is 3.77. The number of hydrogen-bond acceptors (Lipinski definition) is 5. The van der Waals surface area contributed by atoms with Crippen LogP contribution in [-0.2, 0) is 13.5 Å². The van der Waals surface area contributed by atoms with E-state index in [1.54, 1.807) is 6.07 Å². The second-order valence-corrected chi connectivity index (χ2v) is 7.15. The Balaban J connectivity index is 1.41. The zero-order chi connectivity index (χ0) is 19.7. The summed E-state index contributed by atoms with van der Waals surface area (Å²) >= 11 is 0. The molecule has 1 aliphatic rings. The summed E-state index contributed by atoms with van der Waals surface area (Å²) in [6.07, 6.45) is 2.46. The van der Waals surface area contributed by atoms with Crippen molar-refractivity contribution in [1.82, 2.24) is 35.2 Å². The fourth-order valence-electron chi connectivity index (χ4n) is 3.77. The number of piperidine rings is 1. The van der Waals surface area contributed by atoms with Crippen LogP contribution in [0.15, 0.2) is 18.2 Å². The molecule has 2 N–H and O–H groups in total. The first-order chi connectivity index (χ1) is 13.6. The van der Waals surface area contributed by atoms with Gasteiger partial charge in [0, 0.05) is 20.0 Å². The van der Waals surface area contributed by atoms with Gasteiger partial charge >= 0.3 is 0 Å². The summed E-state index contributed by atoms with van der Waals surface area (Å²) in [5, 5.41) is 14.5. The van der Waals surface area contributed by atoms with E-state index in [9.17, 15) is 9.18 Å². The van der Waals surface area contributed by atoms with E-state index in [1.165, 1.54) is 6.07 Å².